The van der Waals surface area contributed by atoms with Crippen molar-refractivity contribution < 1.29 is 144 Å². The van der Waals surface area contributed by atoms with E-state index in [2.05, 4.69) is 4.74 Å². The number of hydrogen-bond donors (Lipinski definition) is 3. The monoisotopic (exact) mass is 882 g/mol. The van der Waals surface area contributed by atoms with Gasteiger partial charge in [0, 0.05) is 6.92 Å². The molecule has 0 aliphatic heterocycles. The fourth-order valence-corrected chi connectivity index (χ4v) is 4.43. The zero-order valence-electron chi connectivity index (χ0n) is 26.3. The van der Waals surface area contributed by atoms with Crippen LogP contribution in [0, 0.1) is 5.92 Å². The van der Waals surface area contributed by atoms with E-state index >= 15 is 8.78 Å². The van der Waals surface area contributed by atoms with Crippen LogP contribution in [0.4, 0.5) is 110 Å². The van der Waals surface area contributed by atoms with E-state index in [0.717, 1.165) is 0 Å². The first-order valence-corrected chi connectivity index (χ1v) is 13.3. The SMILES string of the molecule is CC(=O)OC(C(CO)C(F)(F)C(F)(F)C(F)(F)C(F)(F)C(F)(F)C(F)(F)C(F)(F)C(F)(F)C(F)(F)C(F)(F)C(F)(F)C(F)(F)F)C(CO)[N+](C)(C)CC(=O)O. The Morgan fingerprint density at radius 3 is 1.00 bits per heavy atom. The van der Waals surface area contributed by atoms with Gasteiger partial charge in [0.15, 0.2) is 18.7 Å². The van der Waals surface area contributed by atoms with Crippen LogP contribution >= 0.6 is 0 Å². The zero-order chi connectivity index (χ0) is 45.2. The van der Waals surface area contributed by atoms with Gasteiger partial charge in [0.25, 0.3) is 0 Å². The number of carbonyl (C=O) groups excluding carboxylic acids is 1. The Kier molecular flexibility index (Phi) is 13.7. The number of hydrogen-bond acceptors (Lipinski definition) is 5. The van der Waals surface area contributed by atoms with Crippen molar-refractivity contribution >= 4 is 11.9 Å². The lowest BCUT2D eigenvalue weighted by molar-refractivity contribution is -0.912. The normalized spacial score (nSPS) is 17.5. The van der Waals surface area contributed by atoms with Gasteiger partial charge < -0.3 is 24.5 Å². The van der Waals surface area contributed by atoms with E-state index in [-0.39, 0.29) is 6.92 Å². The third-order valence-corrected chi connectivity index (χ3v) is 7.69. The fourth-order valence-electron chi connectivity index (χ4n) is 4.43. The molecule has 0 radical (unpaired) electrons. The number of aliphatic carboxylic acids is 1. The molecule has 0 aliphatic rings. The molecule has 0 amide bonds. The van der Waals surface area contributed by atoms with Crippen molar-refractivity contribution in [3.8, 4) is 0 Å². The Labute approximate surface area is 287 Å². The molecule has 0 rings (SSSR count). The number of aliphatic hydroxyl groups excluding tert-OH is 2. The van der Waals surface area contributed by atoms with E-state index in [1.165, 1.54) is 0 Å². The summed E-state index contributed by atoms with van der Waals surface area (Å²) in [6, 6.07) is -2.73. The number of aliphatic hydroxyl groups is 2. The Hall–Kier alpha value is -2.93. The molecule has 32 heteroatoms. The molecule has 0 spiro atoms. The Morgan fingerprint density at radius 2 is 0.782 bits per heavy atom. The maximum absolute atomic E-state index is 15.2. The van der Waals surface area contributed by atoms with Gasteiger partial charge in [0.2, 0.25) is 0 Å². The summed E-state index contributed by atoms with van der Waals surface area (Å²) < 4.78 is 349. The topological polar surface area (TPSA) is 104 Å². The number of carboxylic acids is 1. The Balaban J connectivity index is 7.76. The van der Waals surface area contributed by atoms with Gasteiger partial charge in [0.05, 0.1) is 33.2 Å². The number of halogens is 25. The number of carbonyl (C=O) groups is 2. The molecule has 0 saturated carbocycles. The van der Waals surface area contributed by atoms with E-state index in [1.807, 2.05) is 0 Å². The van der Waals surface area contributed by atoms with Gasteiger partial charge in [-0.2, -0.15) is 110 Å². The lowest BCUT2D eigenvalue weighted by Gasteiger charge is -2.47. The number of nitrogens with zero attached hydrogens (tertiary/aromatic N) is 1. The highest BCUT2D eigenvalue weighted by atomic mass is 19.4. The van der Waals surface area contributed by atoms with Crippen LogP contribution in [-0.4, -0.2) is 149 Å². The van der Waals surface area contributed by atoms with Crippen molar-refractivity contribution in [1.82, 2.24) is 0 Å². The zero-order valence-corrected chi connectivity index (χ0v) is 26.3. The molecule has 0 bridgehead atoms. The number of quaternary nitrogens is 1. The quantitative estimate of drug-likeness (QED) is 0.0769. The highest BCUT2D eigenvalue weighted by molar-refractivity contribution is 5.68. The number of carboxylic acid groups (broad SMARTS) is 1. The van der Waals surface area contributed by atoms with E-state index in [0.29, 0.717) is 14.1 Å². The summed E-state index contributed by atoms with van der Waals surface area (Å²) in [4.78, 5) is 22.6. The number of likely N-dealkylation sites (N-methyl/N-ethyl adjacent to an activating group) is 1. The van der Waals surface area contributed by atoms with Crippen LogP contribution in [0.5, 0.6) is 0 Å². The molecule has 7 nitrogen and oxygen atoms in total. The van der Waals surface area contributed by atoms with Crippen LogP contribution in [0.25, 0.3) is 0 Å². The van der Waals surface area contributed by atoms with E-state index in [4.69, 9.17) is 5.11 Å². The van der Waals surface area contributed by atoms with Gasteiger partial charge in [-0.15, -0.1) is 0 Å². The maximum atomic E-state index is 15.2. The minimum Gasteiger partial charge on any atom is -0.477 e. The average Bonchev–Trinajstić information content (AvgIpc) is 2.94. The first-order valence-electron chi connectivity index (χ1n) is 13.3. The van der Waals surface area contributed by atoms with Crippen molar-refractivity contribution in [3.05, 3.63) is 0 Å². The van der Waals surface area contributed by atoms with Crippen LogP contribution in [0.15, 0.2) is 0 Å². The van der Waals surface area contributed by atoms with Crippen LogP contribution < -0.4 is 0 Å². The molecular weight excluding hydrogens is 861 g/mol. The summed E-state index contributed by atoms with van der Waals surface area (Å²) in [5.74, 6) is -110. The molecule has 55 heavy (non-hydrogen) atoms. The minimum atomic E-state index is -9.79. The lowest BCUT2D eigenvalue weighted by Crippen LogP contribution is -2.78. The number of ether oxygens (including phenoxy) is 1. The van der Waals surface area contributed by atoms with Gasteiger partial charge >= 0.3 is 83.3 Å². The summed E-state index contributed by atoms with van der Waals surface area (Å²) in [6.45, 7) is -6.26. The molecular formula is C23H21F25NO6+. The van der Waals surface area contributed by atoms with Crippen molar-refractivity contribution in [3.63, 3.8) is 0 Å². The second-order valence-corrected chi connectivity index (χ2v) is 11.8. The minimum absolute atomic E-state index is 0.119. The Bertz CT molecular complexity index is 1390. The van der Waals surface area contributed by atoms with Crippen LogP contribution in [0.2, 0.25) is 0 Å². The summed E-state index contributed by atoms with van der Waals surface area (Å²) in [5, 5.41) is 27.9. The molecule has 0 saturated heterocycles. The highest BCUT2D eigenvalue weighted by Gasteiger charge is 2.99. The molecule has 3 atom stereocenters. The molecule has 0 aromatic carbocycles. The van der Waals surface area contributed by atoms with Gasteiger partial charge in [0.1, 0.15) is 0 Å². The fraction of sp³-hybridized carbons (Fsp3) is 0.913. The predicted molar refractivity (Wildman–Crippen MR) is 122 cm³/mol. The van der Waals surface area contributed by atoms with Crippen LogP contribution in [-0.2, 0) is 14.3 Å². The largest absolute Gasteiger partial charge is 0.477 e. The first-order chi connectivity index (χ1) is 23.6. The van der Waals surface area contributed by atoms with Crippen molar-refractivity contribution in [2.45, 2.75) is 90.4 Å². The average molecular weight is 882 g/mol. The third-order valence-electron chi connectivity index (χ3n) is 7.69. The standard InChI is InChI=1S/C23H20F25NO6/c1-7(52)55-11(9(6-51)49(2,3)4-10(53)54)8(5-50)12(24,25)13(26,27)14(28,29)15(30,31)16(32,33)17(34,35)18(36,37)19(38,39)20(40,41)21(42,43)22(44,45)23(46,47)48/h8-9,11,50-51H,4-6H2,1-3H3/p+1. The molecule has 3 N–H and O–H groups in total. The number of esters is 1. The highest BCUT2D eigenvalue weighted by Crippen LogP contribution is 2.68. The van der Waals surface area contributed by atoms with Crippen LogP contribution in [0.1, 0.15) is 6.92 Å². The molecule has 328 valence electrons. The lowest BCUT2D eigenvalue weighted by atomic mass is 9.80. The smallest absolute Gasteiger partial charge is 0.460 e. The van der Waals surface area contributed by atoms with Crippen LogP contribution in [0.3, 0.4) is 0 Å². The second-order valence-electron chi connectivity index (χ2n) is 11.8. The predicted octanol–water partition coefficient (Wildman–Crippen LogP) is 6.60. The van der Waals surface area contributed by atoms with Crippen molar-refractivity contribution in [2.24, 2.45) is 5.92 Å². The second kappa shape index (κ2) is 14.5. The van der Waals surface area contributed by atoms with E-state index in [1.54, 1.807) is 0 Å². The number of alkyl halides is 25. The molecule has 0 fully saturated rings. The number of rotatable bonds is 19. The summed E-state index contributed by atoms with van der Waals surface area (Å²) in [5.41, 5.74) is 0. The van der Waals surface area contributed by atoms with E-state index < -0.39 is 126 Å². The van der Waals surface area contributed by atoms with Gasteiger partial charge in [-0.25, -0.2) is 4.79 Å². The third kappa shape index (κ3) is 7.38. The summed E-state index contributed by atoms with van der Waals surface area (Å²) in [7, 11) is 1.03. The molecule has 3 unspecified atom stereocenters. The first kappa shape index (κ1) is 52.1. The molecule has 0 aliphatic carbocycles. The van der Waals surface area contributed by atoms with Gasteiger partial charge in [-0.05, 0) is 0 Å². The molecule has 0 heterocycles. The summed E-state index contributed by atoms with van der Waals surface area (Å²) in [6.07, 6.45) is -11.9. The molecule has 0 aromatic rings. The van der Waals surface area contributed by atoms with Crippen molar-refractivity contribution in [2.75, 3.05) is 33.9 Å². The Morgan fingerprint density at radius 1 is 0.509 bits per heavy atom. The van der Waals surface area contributed by atoms with Gasteiger partial charge in [-0.3, -0.25) is 4.79 Å². The maximum Gasteiger partial charge on any atom is 0.460 e. The summed E-state index contributed by atoms with van der Waals surface area (Å²) >= 11 is 0. The molecule has 0 aromatic heterocycles. The van der Waals surface area contributed by atoms with Crippen molar-refractivity contribution in [1.29, 1.82) is 0 Å². The van der Waals surface area contributed by atoms with Gasteiger partial charge in [-0.1, -0.05) is 0 Å². The van der Waals surface area contributed by atoms with E-state index in [9.17, 15) is 121 Å².